The molecule has 156 valence electrons. The van der Waals surface area contributed by atoms with Crippen LogP contribution in [0.25, 0.3) is 27.7 Å². The fourth-order valence-electron chi connectivity index (χ4n) is 3.52. The first kappa shape index (κ1) is 20.1. The van der Waals surface area contributed by atoms with Gasteiger partial charge < -0.3 is 15.6 Å². The van der Waals surface area contributed by atoms with Crippen molar-refractivity contribution in [3.63, 3.8) is 0 Å². The van der Waals surface area contributed by atoms with Crippen molar-refractivity contribution in [2.24, 2.45) is 0 Å². The van der Waals surface area contributed by atoms with E-state index in [2.05, 4.69) is 20.6 Å². The smallest absolute Gasteiger partial charge is 0.319 e. The summed E-state index contributed by atoms with van der Waals surface area (Å²) in [5.41, 5.74) is 4.27. The van der Waals surface area contributed by atoms with Gasteiger partial charge in [-0.05, 0) is 54.8 Å². The minimum absolute atomic E-state index is 0.126. The number of aromatic nitrogens is 3. The summed E-state index contributed by atoms with van der Waals surface area (Å²) in [5.74, 6) is 0. The third-order valence-corrected chi connectivity index (χ3v) is 5.17. The van der Waals surface area contributed by atoms with Gasteiger partial charge in [-0.25, -0.2) is 9.78 Å². The third kappa shape index (κ3) is 3.71. The summed E-state index contributed by atoms with van der Waals surface area (Å²) in [7, 11) is 1.47. The summed E-state index contributed by atoms with van der Waals surface area (Å²) < 4.78 is 1.52. The molecule has 0 spiro atoms. The first-order valence-electron chi connectivity index (χ1n) is 9.69. The van der Waals surface area contributed by atoms with Gasteiger partial charge in [0.1, 0.15) is 12.0 Å². The molecule has 0 saturated carbocycles. The summed E-state index contributed by atoms with van der Waals surface area (Å²) >= 11 is 0. The molecule has 4 rings (SSSR count). The number of aromatic amines is 1. The number of hydrogen-bond acceptors (Lipinski definition) is 4. The van der Waals surface area contributed by atoms with Crippen LogP contribution in [-0.2, 0) is 0 Å². The molecule has 8 heteroatoms. The molecule has 0 radical (unpaired) electrons. The molecular formula is C23H21N5O3. The molecule has 0 saturated heterocycles. The lowest BCUT2D eigenvalue weighted by atomic mass is 10.00. The van der Waals surface area contributed by atoms with Crippen LogP contribution < -0.4 is 21.8 Å². The fraction of sp³-hybridized carbons (Fsp3) is 0.130. The molecule has 0 aliphatic carbocycles. The second-order valence-corrected chi connectivity index (χ2v) is 7.23. The quantitative estimate of drug-likeness (QED) is 0.478. The number of urea groups is 1. The van der Waals surface area contributed by atoms with Crippen molar-refractivity contribution < 1.29 is 4.79 Å². The van der Waals surface area contributed by atoms with Crippen LogP contribution in [0.5, 0.6) is 0 Å². The number of nitrogens with one attached hydrogen (secondary N) is 3. The van der Waals surface area contributed by atoms with Gasteiger partial charge in [-0.15, -0.1) is 0 Å². The van der Waals surface area contributed by atoms with Crippen LogP contribution in [0, 0.1) is 13.8 Å². The van der Waals surface area contributed by atoms with Crippen molar-refractivity contribution >= 4 is 22.6 Å². The Labute approximate surface area is 177 Å². The minimum atomic E-state index is -0.489. The Morgan fingerprint density at radius 1 is 1.10 bits per heavy atom. The third-order valence-electron chi connectivity index (χ3n) is 5.17. The summed E-state index contributed by atoms with van der Waals surface area (Å²) in [5, 5.41) is 5.47. The Bertz CT molecular complexity index is 1440. The van der Waals surface area contributed by atoms with Gasteiger partial charge >= 0.3 is 6.03 Å². The van der Waals surface area contributed by atoms with E-state index >= 15 is 0 Å². The molecule has 2 aromatic carbocycles. The molecule has 0 atom stereocenters. The van der Waals surface area contributed by atoms with Crippen molar-refractivity contribution in [3.8, 4) is 16.8 Å². The summed E-state index contributed by atoms with van der Waals surface area (Å²) in [6, 6.07) is 12.2. The van der Waals surface area contributed by atoms with Gasteiger partial charge in [0, 0.05) is 18.8 Å². The molecule has 2 aromatic heterocycles. The minimum Gasteiger partial charge on any atom is -0.341 e. The van der Waals surface area contributed by atoms with Gasteiger partial charge in [-0.1, -0.05) is 18.2 Å². The lowest BCUT2D eigenvalue weighted by Gasteiger charge is -2.14. The van der Waals surface area contributed by atoms with Crippen LogP contribution in [0.2, 0.25) is 0 Å². The van der Waals surface area contributed by atoms with Crippen molar-refractivity contribution in [2.45, 2.75) is 13.8 Å². The number of aryl methyl sites for hydroxylation is 1. The van der Waals surface area contributed by atoms with E-state index in [4.69, 9.17) is 0 Å². The number of fused-ring (bicyclic) bond motifs is 1. The number of amides is 2. The molecule has 0 unspecified atom stereocenters. The van der Waals surface area contributed by atoms with E-state index in [-0.39, 0.29) is 11.2 Å². The molecule has 2 amide bonds. The molecule has 8 nitrogen and oxygen atoms in total. The molecule has 0 aliphatic heterocycles. The zero-order chi connectivity index (χ0) is 22.1. The standard InChI is InChI=1S/C23H21N5O3/c1-13-7-8-17-18(9-13)26-12-28(22(17)30)20-6-4-5-16(14(20)2)15-10-19(21(29)25-11-15)27-23(31)24-3/h4-12H,1-3H3,(H,25,29)(H2,24,27,31). The number of H-pyrrole nitrogens is 1. The SMILES string of the molecule is CNC(=O)Nc1cc(-c2cccc(-n3cnc4cc(C)ccc4c3=O)c2C)c[nH]c1=O. The van der Waals surface area contributed by atoms with Crippen LogP contribution in [0.15, 0.2) is 64.6 Å². The maximum Gasteiger partial charge on any atom is 0.319 e. The van der Waals surface area contributed by atoms with Crippen LogP contribution in [0.3, 0.4) is 0 Å². The number of carbonyl (C=O) groups excluding carboxylic acids is 1. The van der Waals surface area contributed by atoms with Gasteiger partial charge in [0.25, 0.3) is 11.1 Å². The van der Waals surface area contributed by atoms with Gasteiger partial charge in [0.2, 0.25) is 0 Å². The number of carbonyl (C=O) groups is 1. The topological polar surface area (TPSA) is 109 Å². The summed E-state index contributed by atoms with van der Waals surface area (Å²) in [4.78, 5) is 43.9. The van der Waals surface area contributed by atoms with Crippen molar-refractivity contribution in [2.75, 3.05) is 12.4 Å². The highest BCUT2D eigenvalue weighted by Gasteiger charge is 2.13. The van der Waals surface area contributed by atoms with Crippen LogP contribution in [0.4, 0.5) is 10.5 Å². The predicted molar refractivity (Wildman–Crippen MR) is 121 cm³/mol. The zero-order valence-electron chi connectivity index (χ0n) is 17.3. The first-order chi connectivity index (χ1) is 14.9. The Morgan fingerprint density at radius 2 is 1.90 bits per heavy atom. The average molecular weight is 415 g/mol. The number of benzene rings is 2. The number of hydrogen-bond donors (Lipinski definition) is 3. The maximum absolute atomic E-state index is 13.1. The number of pyridine rings is 1. The monoisotopic (exact) mass is 415 g/mol. The Hall–Kier alpha value is -4.20. The second kappa shape index (κ2) is 7.91. The summed E-state index contributed by atoms with van der Waals surface area (Å²) in [6.45, 7) is 3.85. The van der Waals surface area contributed by atoms with E-state index in [1.54, 1.807) is 18.3 Å². The Balaban J connectivity index is 1.84. The largest absolute Gasteiger partial charge is 0.341 e. The molecule has 31 heavy (non-hydrogen) atoms. The Kier molecular flexibility index (Phi) is 5.12. The van der Waals surface area contributed by atoms with E-state index in [1.807, 2.05) is 44.2 Å². The highest BCUT2D eigenvalue weighted by Crippen LogP contribution is 2.27. The van der Waals surface area contributed by atoms with Gasteiger partial charge in [0.15, 0.2) is 0 Å². The van der Waals surface area contributed by atoms with Crippen molar-refractivity contribution in [1.82, 2.24) is 19.9 Å². The zero-order valence-corrected chi connectivity index (χ0v) is 17.3. The van der Waals surface area contributed by atoms with E-state index < -0.39 is 11.6 Å². The highest BCUT2D eigenvalue weighted by molar-refractivity contribution is 5.89. The Morgan fingerprint density at radius 3 is 2.68 bits per heavy atom. The second-order valence-electron chi connectivity index (χ2n) is 7.23. The average Bonchev–Trinajstić information content (AvgIpc) is 2.76. The van der Waals surface area contributed by atoms with Crippen LogP contribution in [-0.4, -0.2) is 27.6 Å². The molecule has 3 N–H and O–H groups in total. The van der Waals surface area contributed by atoms with Gasteiger partial charge in [0.05, 0.1) is 16.6 Å². The number of nitrogens with zero attached hydrogens (tertiary/aromatic N) is 2. The van der Waals surface area contributed by atoms with Crippen LogP contribution in [0.1, 0.15) is 11.1 Å². The lowest BCUT2D eigenvalue weighted by molar-refractivity contribution is 0.254. The molecule has 2 heterocycles. The molecule has 4 aromatic rings. The van der Waals surface area contributed by atoms with Crippen molar-refractivity contribution in [3.05, 3.63) is 86.8 Å². The molecular weight excluding hydrogens is 394 g/mol. The van der Waals surface area contributed by atoms with E-state index in [0.717, 1.165) is 16.7 Å². The van der Waals surface area contributed by atoms with Gasteiger partial charge in [-0.2, -0.15) is 0 Å². The molecule has 0 aliphatic rings. The number of anilines is 1. The summed E-state index contributed by atoms with van der Waals surface area (Å²) in [6.07, 6.45) is 3.11. The maximum atomic E-state index is 13.1. The van der Waals surface area contributed by atoms with E-state index in [9.17, 15) is 14.4 Å². The van der Waals surface area contributed by atoms with E-state index in [1.165, 1.54) is 17.9 Å². The van der Waals surface area contributed by atoms with Gasteiger partial charge in [-0.3, -0.25) is 14.2 Å². The predicted octanol–water partition coefficient (Wildman–Crippen LogP) is 3.11. The van der Waals surface area contributed by atoms with Crippen molar-refractivity contribution in [1.29, 1.82) is 0 Å². The highest BCUT2D eigenvalue weighted by atomic mass is 16.2. The normalized spacial score (nSPS) is 10.8. The lowest BCUT2D eigenvalue weighted by Crippen LogP contribution is -2.27. The molecule has 0 fully saturated rings. The van der Waals surface area contributed by atoms with Crippen LogP contribution >= 0.6 is 0 Å². The fourth-order valence-corrected chi connectivity index (χ4v) is 3.52. The number of rotatable bonds is 3. The molecule has 0 bridgehead atoms. The van der Waals surface area contributed by atoms with E-state index in [0.29, 0.717) is 22.2 Å². The first-order valence-corrected chi connectivity index (χ1v) is 9.69.